The number of hydrogen-bond donors (Lipinski definition) is 3. The van der Waals surface area contributed by atoms with Crippen LogP contribution in [0.1, 0.15) is 5.69 Å². The van der Waals surface area contributed by atoms with Gasteiger partial charge in [-0.3, -0.25) is 0 Å². The van der Waals surface area contributed by atoms with Crippen molar-refractivity contribution in [3.63, 3.8) is 0 Å². The number of aryl methyl sites for hydroxylation is 1. The molecule has 0 spiro atoms. The highest BCUT2D eigenvalue weighted by atomic mass is 16.3. The molecule has 2 aromatic heterocycles. The zero-order valence-corrected chi connectivity index (χ0v) is 9.81. The number of phenolic OH excluding ortho intramolecular Hbond substituents is 1. The van der Waals surface area contributed by atoms with E-state index in [9.17, 15) is 5.11 Å². The van der Waals surface area contributed by atoms with E-state index >= 15 is 0 Å². The summed E-state index contributed by atoms with van der Waals surface area (Å²) in [7, 11) is 0. The topological polar surface area (TPSA) is 73.8 Å². The van der Waals surface area contributed by atoms with Gasteiger partial charge in [-0.25, -0.2) is 9.97 Å². The van der Waals surface area contributed by atoms with Gasteiger partial charge >= 0.3 is 0 Å². The van der Waals surface area contributed by atoms with Crippen molar-refractivity contribution in [2.75, 3.05) is 5.32 Å². The molecule has 90 valence electrons. The van der Waals surface area contributed by atoms with E-state index in [0.717, 1.165) is 28.2 Å². The lowest BCUT2D eigenvalue weighted by molar-refractivity contribution is 0.475. The number of benzene rings is 1. The Hall–Kier alpha value is -2.56. The lowest BCUT2D eigenvalue weighted by Crippen LogP contribution is -1.94. The van der Waals surface area contributed by atoms with E-state index in [1.165, 1.54) is 6.33 Å². The minimum absolute atomic E-state index is 0.242. The molecule has 0 amide bonds. The molecule has 0 radical (unpaired) electrons. The maximum absolute atomic E-state index is 9.24. The third-order valence-corrected chi connectivity index (χ3v) is 2.69. The number of H-pyrrole nitrogens is 1. The van der Waals surface area contributed by atoms with Crippen LogP contribution in [0.3, 0.4) is 0 Å². The Morgan fingerprint density at radius 1 is 1.17 bits per heavy atom. The van der Waals surface area contributed by atoms with E-state index in [1.807, 2.05) is 13.0 Å². The van der Waals surface area contributed by atoms with Gasteiger partial charge in [0.15, 0.2) is 0 Å². The maximum atomic E-state index is 9.24. The molecule has 5 nitrogen and oxygen atoms in total. The van der Waals surface area contributed by atoms with Gasteiger partial charge in [-0.2, -0.15) is 0 Å². The summed E-state index contributed by atoms with van der Waals surface area (Å²) in [5.74, 6) is 0.987. The number of hydrogen-bond acceptors (Lipinski definition) is 4. The standard InChI is InChI=1S/C13H12N4O/c1-8-6-11-12(16-8)14-7-15-13(11)17-9-2-4-10(18)5-3-9/h2-7,18H,1H3,(H2,14,15,16,17). The molecule has 3 N–H and O–H groups in total. The zero-order valence-electron chi connectivity index (χ0n) is 9.81. The normalized spacial score (nSPS) is 10.7. The molecule has 3 rings (SSSR count). The third-order valence-electron chi connectivity index (χ3n) is 2.69. The highest BCUT2D eigenvalue weighted by Gasteiger charge is 2.06. The second-order valence-corrected chi connectivity index (χ2v) is 4.11. The minimum atomic E-state index is 0.242. The molecule has 0 unspecified atom stereocenters. The summed E-state index contributed by atoms with van der Waals surface area (Å²) >= 11 is 0. The van der Waals surface area contributed by atoms with E-state index in [0.29, 0.717) is 0 Å². The lowest BCUT2D eigenvalue weighted by atomic mass is 10.3. The van der Waals surface area contributed by atoms with Crippen LogP contribution in [0.15, 0.2) is 36.7 Å². The number of nitrogens with zero attached hydrogens (tertiary/aromatic N) is 2. The number of aromatic nitrogens is 3. The third kappa shape index (κ3) is 1.86. The van der Waals surface area contributed by atoms with E-state index in [-0.39, 0.29) is 5.75 Å². The Bertz CT molecular complexity index is 688. The first-order valence-corrected chi connectivity index (χ1v) is 5.59. The molecule has 0 bridgehead atoms. The van der Waals surface area contributed by atoms with Crippen LogP contribution in [0.2, 0.25) is 0 Å². The van der Waals surface area contributed by atoms with Crippen LogP contribution in [0.25, 0.3) is 11.0 Å². The first-order valence-electron chi connectivity index (χ1n) is 5.59. The van der Waals surface area contributed by atoms with Gasteiger partial charge in [-0.15, -0.1) is 0 Å². The number of anilines is 2. The fraction of sp³-hybridized carbons (Fsp3) is 0.0769. The number of rotatable bonds is 2. The minimum Gasteiger partial charge on any atom is -0.508 e. The Kier molecular flexibility index (Phi) is 2.37. The summed E-state index contributed by atoms with van der Waals surface area (Å²) in [6.07, 6.45) is 1.51. The predicted octanol–water partition coefficient (Wildman–Crippen LogP) is 2.72. The van der Waals surface area contributed by atoms with Crippen molar-refractivity contribution in [3.8, 4) is 5.75 Å². The Morgan fingerprint density at radius 3 is 2.72 bits per heavy atom. The summed E-state index contributed by atoms with van der Waals surface area (Å²) < 4.78 is 0. The van der Waals surface area contributed by atoms with E-state index in [4.69, 9.17) is 0 Å². The fourth-order valence-electron chi connectivity index (χ4n) is 1.85. The molecular formula is C13H12N4O. The summed E-state index contributed by atoms with van der Waals surface area (Å²) in [4.78, 5) is 11.6. The molecular weight excluding hydrogens is 228 g/mol. The van der Waals surface area contributed by atoms with Crippen molar-refractivity contribution in [1.82, 2.24) is 15.0 Å². The van der Waals surface area contributed by atoms with Crippen LogP contribution < -0.4 is 5.32 Å². The highest BCUT2D eigenvalue weighted by molar-refractivity contribution is 5.89. The quantitative estimate of drug-likeness (QED) is 0.602. The van der Waals surface area contributed by atoms with Gasteiger partial charge in [0.25, 0.3) is 0 Å². The number of fused-ring (bicyclic) bond motifs is 1. The van der Waals surface area contributed by atoms with Crippen LogP contribution in [-0.4, -0.2) is 20.1 Å². The highest BCUT2D eigenvalue weighted by Crippen LogP contribution is 2.24. The number of nitrogens with one attached hydrogen (secondary N) is 2. The van der Waals surface area contributed by atoms with E-state index < -0.39 is 0 Å². The number of aromatic hydroxyl groups is 1. The molecule has 0 aliphatic heterocycles. The summed E-state index contributed by atoms with van der Waals surface area (Å²) in [6.45, 7) is 1.98. The Morgan fingerprint density at radius 2 is 1.94 bits per heavy atom. The molecule has 5 heteroatoms. The Labute approximate surface area is 104 Å². The molecule has 0 saturated carbocycles. The number of phenols is 1. The van der Waals surface area contributed by atoms with Crippen molar-refractivity contribution >= 4 is 22.5 Å². The average molecular weight is 240 g/mol. The van der Waals surface area contributed by atoms with Crippen LogP contribution >= 0.6 is 0 Å². The van der Waals surface area contributed by atoms with Gasteiger partial charge in [0, 0.05) is 11.4 Å². The number of aromatic amines is 1. The molecule has 0 atom stereocenters. The lowest BCUT2D eigenvalue weighted by Gasteiger charge is -2.06. The molecule has 3 aromatic rings. The molecule has 1 aromatic carbocycles. The Balaban J connectivity index is 2.01. The zero-order chi connectivity index (χ0) is 12.5. The monoisotopic (exact) mass is 240 g/mol. The van der Waals surface area contributed by atoms with Crippen molar-refractivity contribution in [3.05, 3.63) is 42.4 Å². The molecule has 0 fully saturated rings. The van der Waals surface area contributed by atoms with Gasteiger partial charge in [-0.1, -0.05) is 0 Å². The van der Waals surface area contributed by atoms with E-state index in [1.54, 1.807) is 24.3 Å². The molecule has 2 heterocycles. The molecule has 18 heavy (non-hydrogen) atoms. The first-order chi connectivity index (χ1) is 8.72. The summed E-state index contributed by atoms with van der Waals surface area (Å²) in [5, 5.41) is 13.4. The van der Waals surface area contributed by atoms with Crippen molar-refractivity contribution in [2.45, 2.75) is 6.92 Å². The second-order valence-electron chi connectivity index (χ2n) is 4.11. The van der Waals surface area contributed by atoms with Crippen LogP contribution in [0.4, 0.5) is 11.5 Å². The predicted molar refractivity (Wildman–Crippen MR) is 70.0 cm³/mol. The SMILES string of the molecule is Cc1cc2c(Nc3ccc(O)cc3)ncnc2[nH]1. The molecule has 0 aliphatic carbocycles. The summed E-state index contributed by atoms with van der Waals surface area (Å²) in [5.41, 5.74) is 2.72. The summed E-state index contributed by atoms with van der Waals surface area (Å²) in [6, 6.07) is 8.84. The smallest absolute Gasteiger partial charge is 0.143 e. The van der Waals surface area contributed by atoms with Gasteiger partial charge in [0.05, 0.1) is 5.39 Å². The van der Waals surface area contributed by atoms with Crippen LogP contribution in [-0.2, 0) is 0 Å². The largest absolute Gasteiger partial charge is 0.508 e. The van der Waals surface area contributed by atoms with E-state index in [2.05, 4.69) is 20.3 Å². The van der Waals surface area contributed by atoms with Gasteiger partial charge in [0.1, 0.15) is 23.5 Å². The molecule has 0 saturated heterocycles. The van der Waals surface area contributed by atoms with Crippen LogP contribution in [0, 0.1) is 6.92 Å². The second kappa shape index (κ2) is 4.03. The van der Waals surface area contributed by atoms with Crippen LogP contribution in [0.5, 0.6) is 5.75 Å². The first kappa shape index (κ1) is 10.6. The fourth-order valence-corrected chi connectivity index (χ4v) is 1.85. The van der Waals surface area contributed by atoms with Gasteiger partial charge < -0.3 is 15.4 Å². The molecule has 0 aliphatic rings. The van der Waals surface area contributed by atoms with Gasteiger partial charge in [-0.05, 0) is 37.3 Å². The van der Waals surface area contributed by atoms with Crippen molar-refractivity contribution in [1.29, 1.82) is 0 Å². The van der Waals surface area contributed by atoms with Crippen molar-refractivity contribution < 1.29 is 5.11 Å². The maximum Gasteiger partial charge on any atom is 0.143 e. The van der Waals surface area contributed by atoms with Gasteiger partial charge in [0.2, 0.25) is 0 Å². The average Bonchev–Trinajstić information content (AvgIpc) is 2.73. The van der Waals surface area contributed by atoms with Crippen molar-refractivity contribution in [2.24, 2.45) is 0 Å².